The van der Waals surface area contributed by atoms with Crippen LogP contribution in [-0.2, 0) is 19.1 Å². The lowest BCUT2D eigenvalue weighted by atomic mass is 9.88. The zero-order chi connectivity index (χ0) is 20.8. The number of aromatic nitrogens is 2. The molecule has 0 spiro atoms. The first-order valence-electron chi connectivity index (χ1n) is 9.66. The van der Waals surface area contributed by atoms with Crippen molar-refractivity contribution in [2.75, 3.05) is 49.5 Å². The molecule has 0 bridgehead atoms. The summed E-state index contributed by atoms with van der Waals surface area (Å²) in [5, 5.41) is 12.3. The summed E-state index contributed by atoms with van der Waals surface area (Å²) in [5.74, 6) is -0.736. The molecular formula is C19H25N5O5. The normalized spacial score (nSPS) is 19.0. The van der Waals surface area contributed by atoms with E-state index in [4.69, 9.17) is 4.74 Å². The third kappa shape index (κ3) is 4.89. The average molecular weight is 403 g/mol. The molecule has 0 radical (unpaired) electrons. The summed E-state index contributed by atoms with van der Waals surface area (Å²) in [6.45, 7) is 5.85. The van der Waals surface area contributed by atoms with Crippen LogP contribution in [0, 0.1) is 0 Å². The molecule has 0 amide bonds. The predicted octanol–water partition coefficient (Wildman–Crippen LogP) is 0.618. The van der Waals surface area contributed by atoms with Crippen molar-refractivity contribution < 1.29 is 24.2 Å². The highest BCUT2D eigenvalue weighted by Crippen LogP contribution is 2.35. The fourth-order valence-corrected chi connectivity index (χ4v) is 3.53. The number of ether oxygens (including phenoxy) is 1. The average Bonchev–Trinajstić information content (AvgIpc) is 2.72. The number of piperazine rings is 1. The molecule has 1 fully saturated rings. The molecule has 156 valence electrons. The van der Waals surface area contributed by atoms with Crippen LogP contribution < -0.4 is 10.2 Å². The number of nitrogens with zero attached hydrogens (tertiary/aromatic N) is 4. The van der Waals surface area contributed by atoms with Crippen LogP contribution in [0.5, 0.6) is 0 Å². The predicted molar refractivity (Wildman–Crippen MR) is 105 cm³/mol. The van der Waals surface area contributed by atoms with Gasteiger partial charge in [-0.15, -0.1) is 0 Å². The molecule has 2 aliphatic rings. The summed E-state index contributed by atoms with van der Waals surface area (Å²) < 4.78 is 4.96. The molecule has 1 unspecified atom stereocenters. The molecule has 1 aromatic heterocycles. The third-order valence-corrected chi connectivity index (χ3v) is 5.09. The van der Waals surface area contributed by atoms with E-state index in [0.717, 1.165) is 26.2 Å². The number of anilines is 2. The third-order valence-electron chi connectivity index (χ3n) is 5.09. The Kier molecular flexibility index (Phi) is 6.76. The minimum absolute atomic E-state index is 0.0641. The van der Waals surface area contributed by atoms with Gasteiger partial charge in [0.2, 0.25) is 5.95 Å². The van der Waals surface area contributed by atoms with Gasteiger partial charge < -0.3 is 24.9 Å². The zero-order valence-corrected chi connectivity index (χ0v) is 16.3. The maximum atomic E-state index is 11.5. The number of hydrogen-bond donors (Lipinski definition) is 2. The smallest absolute Gasteiger partial charge is 0.333 e. The topological polar surface area (TPSA) is 125 Å². The highest BCUT2D eigenvalue weighted by molar-refractivity contribution is 5.91. The molecule has 2 aliphatic heterocycles. The van der Waals surface area contributed by atoms with Crippen molar-refractivity contribution in [1.29, 1.82) is 0 Å². The first kappa shape index (κ1) is 20.7. The van der Waals surface area contributed by atoms with Crippen LogP contribution in [0.1, 0.15) is 31.2 Å². The molecule has 10 nitrogen and oxygen atoms in total. The molecule has 1 aromatic rings. The minimum atomic E-state index is -1.07. The van der Waals surface area contributed by atoms with Gasteiger partial charge in [0, 0.05) is 63.0 Å². The molecule has 10 heteroatoms. The molecule has 0 aromatic carbocycles. The Labute approximate surface area is 168 Å². The molecule has 3 heterocycles. The number of carboxylic acids is 1. The van der Waals surface area contributed by atoms with Crippen molar-refractivity contribution in [3.63, 3.8) is 0 Å². The Morgan fingerprint density at radius 1 is 1.34 bits per heavy atom. The monoisotopic (exact) mass is 403 g/mol. The lowest BCUT2D eigenvalue weighted by Gasteiger charge is -2.35. The van der Waals surface area contributed by atoms with Gasteiger partial charge in [-0.1, -0.05) is 0 Å². The molecule has 3 rings (SSSR count). The summed E-state index contributed by atoms with van der Waals surface area (Å²) in [5.41, 5.74) is 0.727. The first-order chi connectivity index (χ1) is 14.0. The van der Waals surface area contributed by atoms with Crippen molar-refractivity contribution >= 4 is 30.0 Å². The molecule has 2 N–H and O–H groups in total. The number of carbonyl (C=O) groups excluding carboxylic acids is 2. The first-order valence-corrected chi connectivity index (χ1v) is 9.66. The van der Waals surface area contributed by atoms with Gasteiger partial charge in [-0.25, -0.2) is 9.78 Å². The number of carboxylic acid groups (broad SMARTS) is 1. The fraction of sp³-hybridized carbons (Fsp3) is 0.526. The Hall–Kier alpha value is -3.01. The van der Waals surface area contributed by atoms with E-state index in [-0.39, 0.29) is 18.0 Å². The van der Waals surface area contributed by atoms with Crippen molar-refractivity contribution in [1.82, 2.24) is 14.9 Å². The number of rotatable bonds is 8. The van der Waals surface area contributed by atoms with Crippen molar-refractivity contribution in [2.45, 2.75) is 25.7 Å². The summed E-state index contributed by atoms with van der Waals surface area (Å²) in [6.07, 6.45) is 4.14. The standard InChI is InChI=1S/C19H25N5O5/c1-2-29-16(26)3-5-23-6-8-24(9-7-23)19-21-11-14-13(4-10-25)15(18(27)28)12-20-17(14)22-19/h10-13H,2-9H2,1H3,(H,27,28)(H,20,21,22). The lowest BCUT2D eigenvalue weighted by molar-refractivity contribution is -0.143. The maximum Gasteiger partial charge on any atom is 0.333 e. The minimum Gasteiger partial charge on any atom is -0.478 e. The second kappa shape index (κ2) is 9.46. The second-order valence-corrected chi connectivity index (χ2v) is 6.86. The molecule has 0 saturated carbocycles. The van der Waals surface area contributed by atoms with Crippen molar-refractivity contribution in [3.8, 4) is 0 Å². The number of carbonyl (C=O) groups is 3. The van der Waals surface area contributed by atoms with E-state index in [9.17, 15) is 19.5 Å². The van der Waals surface area contributed by atoms with Crippen LogP contribution in [0.3, 0.4) is 0 Å². The van der Waals surface area contributed by atoms with E-state index < -0.39 is 11.9 Å². The van der Waals surface area contributed by atoms with E-state index in [2.05, 4.69) is 20.2 Å². The van der Waals surface area contributed by atoms with Crippen molar-refractivity contribution in [2.24, 2.45) is 0 Å². The van der Waals surface area contributed by atoms with Crippen LogP contribution in [-0.4, -0.2) is 77.5 Å². The second-order valence-electron chi connectivity index (χ2n) is 6.86. The Morgan fingerprint density at radius 3 is 2.76 bits per heavy atom. The molecule has 1 atom stereocenters. The van der Waals surface area contributed by atoms with Crippen LogP contribution in [0.2, 0.25) is 0 Å². The van der Waals surface area contributed by atoms with Gasteiger partial charge >= 0.3 is 11.9 Å². The van der Waals surface area contributed by atoms with Gasteiger partial charge in [-0.05, 0) is 6.92 Å². The number of fused-ring (bicyclic) bond motifs is 1. The van der Waals surface area contributed by atoms with Crippen LogP contribution in [0.15, 0.2) is 18.0 Å². The van der Waals surface area contributed by atoms with E-state index in [1.165, 1.54) is 6.20 Å². The maximum absolute atomic E-state index is 11.5. The quantitative estimate of drug-likeness (QED) is 0.471. The van der Waals surface area contributed by atoms with Gasteiger partial charge in [0.25, 0.3) is 0 Å². The summed E-state index contributed by atoms with van der Waals surface area (Å²) in [6, 6.07) is 0. The van der Waals surface area contributed by atoms with Crippen molar-refractivity contribution in [3.05, 3.63) is 23.5 Å². The molecule has 29 heavy (non-hydrogen) atoms. The zero-order valence-electron chi connectivity index (χ0n) is 16.3. The van der Waals surface area contributed by atoms with E-state index in [1.807, 2.05) is 4.90 Å². The molecular weight excluding hydrogens is 378 g/mol. The largest absolute Gasteiger partial charge is 0.478 e. The van der Waals surface area contributed by atoms with Gasteiger partial charge in [0.05, 0.1) is 18.6 Å². The fourth-order valence-electron chi connectivity index (χ4n) is 3.53. The van der Waals surface area contributed by atoms with E-state index >= 15 is 0 Å². The van der Waals surface area contributed by atoms with E-state index in [0.29, 0.717) is 43.2 Å². The van der Waals surface area contributed by atoms with Gasteiger partial charge in [0.15, 0.2) is 0 Å². The van der Waals surface area contributed by atoms with E-state index in [1.54, 1.807) is 13.1 Å². The summed E-state index contributed by atoms with van der Waals surface area (Å²) >= 11 is 0. The van der Waals surface area contributed by atoms with Gasteiger partial charge in [-0.3, -0.25) is 9.69 Å². The highest BCUT2D eigenvalue weighted by atomic mass is 16.5. The van der Waals surface area contributed by atoms with Crippen LogP contribution in [0.25, 0.3) is 0 Å². The Morgan fingerprint density at radius 2 is 2.10 bits per heavy atom. The van der Waals surface area contributed by atoms with Gasteiger partial charge in [0.1, 0.15) is 12.1 Å². The Balaban J connectivity index is 1.63. The number of aliphatic carboxylic acids is 1. The Bertz CT molecular complexity index is 804. The van der Waals surface area contributed by atoms with Crippen LogP contribution >= 0.6 is 0 Å². The number of nitrogens with one attached hydrogen (secondary N) is 1. The lowest BCUT2D eigenvalue weighted by Crippen LogP contribution is -2.47. The number of hydrogen-bond acceptors (Lipinski definition) is 9. The summed E-state index contributed by atoms with van der Waals surface area (Å²) in [7, 11) is 0. The SMILES string of the molecule is CCOC(=O)CCN1CCN(c2ncc3c(n2)NC=C(C(=O)O)C3CC=O)CC1. The van der Waals surface area contributed by atoms with Crippen LogP contribution in [0.4, 0.5) is 11.8 Å². The molecule has 1 saturated heterocycles. The van der Waals surface area contributed by atoms with Gasteiger partial charge in [-0.2, -0.15) is 4.98 Å². The highest BCUT2D eigenvalue weighted by Gasteiger charge is 2.30. The summed E-state index contributed by atoms with van der Waals surface area (Å²) in [4.78, 5) is 47.1. The number of aldehydes is 1. The number of esters is 1. The molecule has 0 aliphatic carbocycles.